The van der Waals surface area contributed by atoms with Gasteiger partial charge in [-0.1, -0.05) is 51.2 Å². The van der Waals surface area contributed by atoms with Crippen LogP contribution in [0, 0.1) is 0 Å². The lowest BCUT2D eigenvalue weighted by molar-refractivity contribution is 0.414. The van der Waals surface area contributed by atoms with Crippen molar-refractivity contribution < 1.29 is 4.74 Å². The Labute approximate surface area is 153 Å². The number of nitrogen functional groups attached to an aromatic ring is 1. The van der Waals surface area contributed by atoms with Crippen LogP contribution in [0.25, 0.3) is 10.2 Å². The molecular formula is C19H26N2OS2. The van der Waals surface area contributed by atoms with Crippen LogP contribution in [0.4, 0.5) is 5.13 Å². The molecule has 0 aliphatic carbocycles. The number of thiazole rings is 1. The smallest absolute Gasteiger partial charge is 0.181 e. The standard InChI is InChI=1S/C15H14N2OS2.2C2H6/c1-18-11-4-2-10(3-5-11)9-19-12-6-7-13-14(8-12)20-15(16)17-13;2*1-2/h2-8H,9H2,1H3,(H2,16,17);2*1-2H3. The predicted octanol–water partition coefficient (Wildman–Crippen LogP) is 6.23. The number of nitrogens with zero attached hydrogens (tertiary/aromatic N) is 1. The van der Waals surface area contributed by atoms with Gasteiger partial charge < -0.3 is 10.5 Å². The van der Waals surface area contributed by atoms with E-state index < -0.39 is 0 Å². The molecule has 2 aromatic carbocycles. The van der Waals surface area contributed by atoms with Crippen LogP contribution in [0.1, 0.15) is 33.3 Å². The molecule has 0 radical (unpaired) electrons. The first-order chi connectivity index (χ1) is 11.7. The first kappa shape index (κ1) is 20.3. The number of benzene rings is 2. The first-order valence-corrected chi connectivity index (χ1v) is 9.96. The van der Waals surface area contributed by atoms with Crippen LogP contribution in [0.3, 0.4) is 0 Å². The molecule has 0 saturated heterocycles. The van der Waals surface area contributed by atoms with Gasteiger partial charge in [0.1, 0.15) is 5.75 Å². The lowest BCUT2D eigenvalue weighted by Crippen LogP contribution is -1.84. The molecule has 0 aliphatic rings. The molecule has 0 bridgehead atoms. The third-order valence-corrected chi connectivity index (χ3v) is 4.85. The average molecular weight is 363 g/mol. The minimum absolute atomic E-state index is 0.623. The van der Waals surface area contributed by atoms with E-state index in [0.29, 0.717) is 5.13 Å². The van der Waals surface area contributed by atoms with E-state index in [-0.39, 0.29) is 0 Å². The van der Waals surface area contributed by atoms with Gasteiger partial charge in [-0.15, -0.1) is 11.8 Å². The average Bonchev–Trinajstić information content (AvgIpc) is 3.03. The number of aromatic nitrogens is 1. The largest absolute Gasteiger partial charge is 0.497 e. The summed E-state index contributed by atoms with van der Waals surface area (Å²) in [5.74, 6) is 1.82. The highest BCUT2D eigenvalue weighted by molar-refractivity contribution is 7.98. The Morgan fingerprint density at radius 3 is 2.33 bits per heavy atom. The summed E-state index contributed by atoms with van der Waals surface area (Å²) >= 11 is 3.34. The number of hydrogen-bond acceptors (Lipinski definition) is 5. The Morgan fingerprint density at radius 2 is 1.71 bits per heavy atom. The summed E-state index contributed by atoms with van der Waals surface area (Å²) in [6.07, 6.45) is 0. The van der Waals surface area contributed by atoms with E-state index in [0.717, 1.165) is 21.7 Å². The quantitative estimate of drug-likeness (QED) is 0.559. The highest BCUT2D eigenvalue weighted by Crippen LogP contribution is 2.30. The fraction of sp³-hybridized carbons (Fsp3) is 0.316. The van der Waals surface area contributed by atoms with Gasteiger partial charge >= 0.3 is 0 Å². The molecular weight excluding hydrogens is 336 g/mol. The van der Waals surface area contributed by atoms with Crippen LogP contribution < -0.4 is 10.5 Å². The Hall–Kier alpha value is -1.72. The number of methoxy groups -OCH3 is 1. The molecule has 130 valence electrons. The normalized spacial score (nSPS) is 9.54. The molecule has 0 atom stereocenters. The van der Waals surface area contributed by atoms with Crippen molar-refractivity contribution in [2.24, 2.45) is 0 Å². The second-order valence-corrected chi connectivity index (χ2v) is 6.43. The Bertz CT molecular complexity index is 724. The van der Waals surface area contributed by atoms with E-state index in [1.54, 1.807) is 7.11 Å². The molecule has 0 fully saturated rings. The molecule has 5 heteroatoms. The van der Waals surface area contributed by atoms with Crippen molar-refractivity contribution in [2.45, 2.75) is 38.3 Å². The van der Waals surface area contributed by atoms with Gasteiger partial charge in [0.15, 0.2) is 5.13 Å². The number of anilines is 1. The second kappa shape index (κ2) is 10.9. The molecule has 3 aromatic rings. The lowest BCUT2D eigenvalue weighted by Gasteiger charge is -2.04. The van der Waals surface area contributed by atoms with E-state index in [4.69, 9.17) is 10.5 Å². The minimum Gasteiger partial charge on any atom is -0.497 e. The molecule has 0 aliphatic heterocycles. The van der Waals surface area contributed by atoms with Crippen LogP contribution in [-0.2, 0) is 5.75 Å². The van der Waals surface area contributed by atoms with Gasteiger partial charge in [-0.05, 0) is 35.9 Å². The van der Waals surface area contributed by atoms with Crippen LogP contribution in [-0.4, -0.2) is 12.1 Å². The topological polar surface area (TPSA) is 48.1 Å². The summed E-state index contributed by atoms with van der Waals surface area (Å²) in [5.41, 5.74) is 7.97. The van der Waals surface area contributed by atoms with E-state index in [9.17, 15) is 0 Å². The summed E-state index contributed by atoms with van der Waals surface area (Å²) in [6.45, 7) is 8.00. The van der Waals surface area contributed by atoms with Gasteiger partial charge in [-0.2, -0.15) is 0 Å². The van der Waals surface area contributed by atoms with Crippen LogP contribution in [0.2, 0.25) is 0 Å². The molecule has 3 rings (SSSR count). The number of nitrogens with two attached hydrogens (primary N) is 1. The Kier molecular flexibility index (Phi) is 9.27. The monoisotopic (exact) mass is 362 g/mol. The highest BCUT2D eigenvalue weighted by Gasteiger charge is 2.03. The van der Waals surface area contributed by atoms with Gasteiger partial charge in [-0.3, -0.25) is 0 Å². The maximum Gasteiger partial charge on any atom is 0.181 e. The lowest BCUT2D eigenvalue weighted by atomic mass is 10.2. The van der Waals surface area contributed by atoms with Crippen molar-refractivity contribution in [3.8, 4) is 5.75 Å². The third-order valence-electron chi connectivity index (χ3n) is 2.94. The van der Waals surface area contributed by atoms with Gasteiger partial charge in [0.2, 0.25) is 0 Å². The maximum absolute atomic E-state index is 5.72. The van der Waals surface area contributed by atoms with Crippen molar-refractivity contribution in [1.82, 2.24) is 4.98 Å². The molecule has 24 heavy (non-hydrogen) atoms. The Morgan fingerprint density at radius 1 is 1.04 bits per heavy atom. The van der Waals surface area contributed by atoms with Crippen molar-refractivity contribution in [3.63, 3.8) is 0 Å². The van der Waals surface area contributed by atoms with Gasteiger partial charge in [0.25, 0.3) is 0 Å². The number of rotatable bonds is 4. The van der Waals surface area contributed by atoms with Crippen molar-refractivity contribution in [2.75, 3.05) is 12.8 Å². The van der Waals surface area contributed by atoms with E-state index in [1.165, 1.54) is 21.8 Å². The van der Waals surface area contributed by atoms with Crippen LogP contribution >= 0.6 is 23.1 Å². The number of fused-ring (bicyclic) bond motifs is 1. The number of thioether (sulfide) groups is 1. The number of ether oxygens (including phenoxy) is 1. The van der Waals surface area contributed by atoms with Crippen molar-refractivity contribution in [3.05, 3.63) is 48.0 Å². The highest BCUT2D eigenvalue weighted by atomic mass is 32.2. The molecule has 0 saturated carbocycles. The first-order valence-electron chi connectivity index (χ1n) is 8.16. The predicted molar refractivity (Wildman–Crippen MR) is 109 cm³/mol. The zero-order chi connectivity index (χ0) is 17.9. The SMILES string of the molecule is CC.CC.COc1ccc(CSc2ccc3nc(N)sc3c2)cc1. The Balaban J connectivity index is 0.000000671. The van der Waals surface area contributed by atoms with Crippen LogP contribution in [0.5, 0.6) is 5.75 Å². The van der Waals surface area contributed by atoms with E-state index in [1.807, 2.05) is 57.7 Å². The minimum atomic E-state index is 0.623. The summed E-state index contributed by atoms with van der Waals surface area (Å²) < 4.78 is 6.30. The fourth-order valence-corrected chi connectivity index (χ4v) is 3.64. The number of hydrogen-bond donors (Lipinski definition) is 1. The second-order valence-electron chi connectivity index (χ2n) is 4.32. The van der Waals surface area contributed by atoms with Crippen molar-refractivity contribution in [1.29, 1.82) is 0 Å². The maximum atomic E-state index is 5.72. The summed E-state index contributed by atoms with van der Waals surface area (Å²) in [5, 5.41) is 0.623. The molecule has 0 spiro atoms. The molecule has 3 nitrogen and oxygen atoms in total. The summed E-state index contributed by atoms with van der Waals surface area (Å²) in [7, 11) is 1.68. The van der Waals surface area contributed by atoms with Gasteiger partial charge in [0, 0.05) is 10.6 Å². The third kappa shape index (κ3) is 5.73. The van der Waals surface area contributed by atoms with E-state index >= 15 is 0 Å². The molecule has 1 aromatic heterocycles. The molecule has 1 heterocycles. The van der Waals surface area contributed by atoms with Gasteiger partial charge in [0.05, 0.1) is 17.3 Å². The van der Waals surface area contributed by atoms with Crippen molar-refractivity contribution >= 4 is 38.4 Å². The fourth-order valence-electron chi connectivity index (χ4n) is 1.90. The van der Waals surface area contributed by atoms with Crippen LogP contribution in [0.15, 0.2) is 47.4 Å². The molecule has 0 amide bonds. The zero-order valence-corrected chi connectivity index (χ0v) is 16.6. The summed E-state index contributed by atoms with van der Waals surface area (Å²) in [6, 6.07) is 14.4. The van der Waals surface area contributed by atoms with E-state index in [2.05, 4.69) is 29.2 Å². The summed E-state index contributed by atoms with van der Waals surface area (Å²) in [4.78, 5) is 5.50. The molecule has 0 unspecified atom stereocenters. The molecule has 2 N–H and O–H groups in total. The van der Waals surface area contributed by atoms with Gasteiger partial charge in [-0.25, -0.2) is 4.98 Å². The zero-order valence-electron chi connectivity index (χ0n) is 15.0.